The Morgan fingerprint density at radius 3 is 2.24 bits per heavy atom. The summed E-state index contributed by atoms with van der Waals surface area (Å²) in [6, 6.07) is 3.70. The van der Waals surface area contributed by atoms with E-state index in [9.17, 15) is 4.79 Å². The number of rotatable bonds is 9. The van der Waals surface area contributed by atoms with Gasteiger partial charge >= 0.3 is 5.97 Å². The molecule has 1 aromatic heterocycles. The Morgan fingerprint density at radius 1 is 1.12 bits per heavy atom. The van der Waals surface area contributed by atoms with Crippen LogP contribution in [0.15, 0.2) is 16.5 Å². The van der Waals surface area contributed by atoms with Crippen LogP contribution in [0.3, 0.4) is 0 Å². The van der Waals surface area contributed by atoms with Crippen molar-refractivity contribution >= 4 is 5.97 Å². The van der Waals surface area contributed by atoms with Crippen molar-refractivity contribution in [1.82, 2.24) is 10.2 Å². The van der Waals surface area contributed by atoms with Gasteiger partial charge in [0.2, 0.25) is 17.5 Å². The molecule has 2 rings (SSSR count). The monoisotopic (exact) mass is 350 g/mol. The van der Waals surface area contributed by atoms with Gasteiger partial charge in [0, 0.05) is 6.42 Å². The van der Waals surface area contributed by atoms with Crippen molar-refractivity contribution < 1.29 is 28.5 Å². The topological polar surface area (TPSA) is 104 Å². The molecule has 25 heavy (non-hydrogen) atoms. The Balaban J connectivity index is 2.14. The van der Waals surface area contributed by atoms with Crippen LogP contribution in [-0.2, 0) is 17.6 Å². The zero-order chi connectivity index (χ0) is 18.4. The SMILES string of the molecule is CCC(C(=O)O)c1nnc(CCc2cc(OC)c(OC)c(OC)c2)o1. The number of hydrogen-bond donors (Lipinski definition) is 1. The van der Waals surface area contributed by atoms with Crippen LogP contribution < -0.4 is 14.2 Å². The van der Waals surface area contributed by atoms with Crippen LogP contribution in [0.1, 0.15) is 36.6 Å². The summed E-state index contributed by atoms with van der Waals surface area (Å²) in [7, 11) is 4.66. The number of nitrogens with zero attached hydrogens (tertiary/aromatic N) is 2. The van der Waals surface area contributed by atoms with E-state index in [1.807, 2.05) is 12.1 Å². The van der Waals surface area contributed by atoms with Crippen LogP contribution in [-0.4, -0.2) is 42.6 Å². The van der Waals surface area contributed by atoms with Gasteiger partial charge in [0.05, 0.1) is 21.3 Å². The molecule has 0 fully saturated rings. The fourth-order valence-corrected chi connectivity index (χ4v) is 2.49. The van der Waals surface area contributed by atoms with E-state index in [0.717, 1.165) is 5.56 Å². The summed E-state index contributed by atoms with van der Waals surface area (Å²) in [5.74, 6) is 0.448. The molecule has 1 atom stereocenters. The summed E-state index contributed by atoms with van der Waals surface area (Å²) in [5, 5.41) is 16.9. The molecule has 1 heterocycles. The van der Waals surface area contributed by atoms with E-state index < -0.39 is 11.9 Å². The molecule has 2 aromatic rings. The highest BCUT2D eigenvalue weighted by Crippen LogP contribution is 2.38. The van der Waals surface area contributed by atoms with Gasteiger partial charge in [-0.2, -0.15) is 0 Å². The van der Waals surface area contributed by atoms with E-state index >= 15 is 0 Å². The normalized spacial score (nSPS) is 11.8. The Morgan fingerprint density at radius 2 is 1.76 bits per heavy atom. The van der Waals surface area contributed by atoms with Gasteiger partial charge in [-0.15, -0.1) is 10.2 Å². The first kappa shape index (κ1) is 18.6. The third-order valence-electron chi connectivity index (χ3n) is 3.84. The van der Waals surface area contributed by atoms with E-state index in [2.05, 4.69) is 10.2 Å². The molecule has 8 nitrogen and oxygen atoms in total. The van der Waals surface area contributed by atoms with Crippen molar-refractivity contribution in [3.63, 3.8) is 0 Å². The molecule has 1 unspecified atom stereocenters. The minimum absolute atomic E-state index is 0.134. The lowest BCUT2D eigenvalue weighted by Gasteiger charge is -2.13. The van der Waals surface area contributed by atoms with Crippen molar-refractivity contribution in [2.45, 2.75) is 32.1 Å². The lowest BCUT2D eigenvalue weighted by molar-refractivity contribution is -0.139. The predicted octanol–water partition coefficient (Wildman–Crippen LogP) is 2.46. The van der Waals surface area contributed by atoms with Crippen LogP contribution in [0, 0.1) is 0 Å². The molecule has 0 bridgehead atoms. The van der Waals surface area contributed by atoms with Crippen molar-refractivity contribution in [2.24, 2.45) is 0 Å². The highest BCUT2D eigenvalue weighted by molar-refractivity contribution is 5.74. The number of methoxy groups -OCH3 is 3. The molecular formula is C17H22N2O6. The minimum Gasteiger partial charge on any atom is -0.493 e. The van der Waals surface area contributed by atoms with Crippen LogP contribution in [0.25, 0.3) is 0 Å². The van der Waals surface area contributed by atoms with Gasteiger partial charge in [-0.05, 0) is 30.5 Å². The highest BCUT2D eigenvalue weighted by atomic mass is 16.5. The summed E-state index contributed by atoms with van der Waals surface area (Å²) in [4.78, 5) is 11.2. The predicted molar refractivity (Wildman–Crippen MR) is 88.5 cm³/mol. The minimum atomic E-state index is -0.970. The number of aromatic nitrogens is 2. The number of aryl methyl sites for hydroxylation is 2. The summed E-state index contributed by atoms with van der Waals surface area (Å²) in [6.45, 7) is 1.76. The standard InChI is InChI=1S/C17H22N2O6/c1-5-11(17(20)21)16-19-18-14(25-16)7-6-10-8-12(22-2)15(24-4)13(9-10)23-3/h8-9,11H,5-7H2,1-4H3,(H,20,21). The Labute approximate surface area is 145 Å². The quantitative estimate of drug-likeness (QED) is 0.735. The first-order valence-electron chi connectivity index (χ1n) is 7.87. The van der Waals surface area contributed by atoms with Gasteiger partial charge in [-0.1, -0.05) is 6.92 Å². The molecule has 0 saturated heterocycles. The molecule has 1 aromatic carbocycles. The third-order valence-corrected chi connectivity index (χ3v) is 3.84. The van der Waals surface area contributed by atoms with E-state index in [4.69, 9.17) is 23.7 Å². The van der Waals surface area contributed by atoms with Crippen LogP contribution in [0.5, 0.6) is 17.2 Å². The smallest absolute Gasteiger partial charge is 0.316 e. The molecule has 0 spiro atoms. The molecule has 0 amide bonds. The maximum absolute atomic E-state index is 11.2. The molecule has 1 N–H and O–H groups in total. The number of ether oxygens (including phenoxy) is 3. The average molecular weight is 350 g/mol. The largest absolute Gasteiger partial charge is 0.493 e. The zero-order valence-corrected chi connectivity index (χ0v) is 14.7. The first-order valence-corrected chi connectivity index (χ1v) is 7.87. The van der Waals surface area contributed by atoms with Gasteiger partial charge in [0.15, 0.2) is 11.5 Å². The van der Waals surface area contributed by atoms with Crippen LogP contribution >= 0.6 is 0 Å². The molecular weight excluding hydrogens is 328 g/mol. The maximum Gasteiger partial charge on any atom is 0.316 e. The highest BCUT2D eigenvalue weighted by Gasteiger charge is 2.24. The lowest BCUT2D eigenvalue weighted by Crippen LogP contribution is -2.10. The average Bonchev–Trinajstić information content (AvgIpc) is 3.07. The van der Waals surface area contributed by atoms with Gasteiger partial charge in [-0.25, -0.2) is 0 Å². The van der Waals surface area contributed by atoms with Crippen molar-refractivity contribution in [3.05, 3.63) is 29.5 Å². The summed E-state index contributed by atoms with van der Waals surface area (Å²) < 4.78 is 21.4. The number of aliphatic carboxylic acids is 1. The van der Waals surface area contributed by atoms with Crippen LogP contribution in [0.2, 0.25) is 0 Å². The molecule has 0 radical (unpaired) electrons. The Hall–Kier alpha value is -2.77. The van der Waals surface area contributed by atoms with E-state index in [1.165, 1.54) is 0 Å². The van der Waals surface area contributed by atoms with Crippen LogP contribution in [0.4, 0.5) is 0 Å². The maximum atomic E-state index is 11.2. The second kappa shape index (κ2) is 8.36. The first-order chi connectivity index (χ1) is 12.0. The van der Waals surface area contributed by atoms with Gasteiger partial charge in [0.1, 0.15) is 5.92 Å². The van der Waals surface area contributed by atoms with Crippen molar-refractivity contribution in [2.75, 3.05) is 21.3 Å². The zero-order valence-electron chi connectivity index (χ0n) is 14.7. The Bertz CT molecular complexity index is 703. The van der Waals surface area contributed by atoms with Crippen molar-refractivity contribution in [1.29, 1.82) is 0 Å². The second-order valence-electron chi connectivity index (χ2n) is 5.37. The Kier molecular flexibility index (Phi) is 6.21. The molecule has 8 heteroatoms. The van der Waals surface area contributed by atoms with Crippen molar-refractivity contribution in [3.8, 4) is 17.2 Å². The molecule has 0 aliphatic carbocycles. The van der Waals surface area contributed by atoms with E-state index in [1.54, 1.807) is 28.3 Å². The summed E-state index contributed by atoms with van der Waals surface area (Å²) >= 11 is 0. The molecule has 136 valence electrons. The number of carbonyl (C=O) groups is 1. The van der Waals surface area contributed by atoms with Gasteiger partial charge in [-0.3, -0.25) is 4.79 Å². The van der Waals surface area contributed by atoms with Gasteiger partial charge < -0.3 is 23.7 Å². The summed E-state index contributed by atoms with van der Waals surface area (Å²) in [6.07, 6.45) is 1.47. The fourth-order valence-electron chi connectivity index (χ4n) is 2.49. The lowest BCUT2D eigenvalue weighted by atomic mass is 10.1. The third kappa shape index (κ3) is 4.20. The van der Waals surface area contributed by atoms with E-state index in [0.29, 0.717) is 42.4 Å². The summed E-state index contributed by atoms with van der Waals surface area (Å²) in [5.41, 5.74) is 0.944. The number of carboxylic acid groups (broad SMARTS) is 1. The number of carboxylic acids is 1. The molecule has 0 aliphatic rings. The fraction of sp³-hybridized carbons (Fsp3) is 0.471. The van der Waals surface area contributed by atoms with Gasteiger partial charge in [0.25, 0.3) is 0 Å². The number of hydrogen-bond acceptors (Lipinski definition) is 7. The number of benzene rings is 1. The molecule has 0 aliphatic heterocycles. The van der Waals surface area contributed by atoms with E-state index in [-0.39, 0.29) is 5.89 Å². The second-order valence-corrected chi connectivity index (χ2v) is 5.37. The molecule has 0 saturated carbocycles.